The fourth-order valence-electron chi connectivity index (χ4n) is 2.62. The Hall–Kier alpha value is -1.73. The third-order valence-corrected chi connectivity index (χ3v) is 4.44. The largest absolute Gasteiger partial charge is 0.372 e. The number of carbonyl (C=O) groups is 1. The maximum absolute atomic E-state index is 12.4. The van der Waals surface area contributed by atoms with Crippen molar-refractivity contribution < 1.29 is 14.1 Å². The zero-order valence-electron chi connectivity index (χ0n) is 12.5. The van der Waals surface area contributed by atoms with Crippen molar-refractivity contribution in [2.75, 3.05) is 19.7 Å². The summed E-state index contributed by atoms with van der Waals surface area (Å²) in [5.74, 6) is 1.40. The number of likely N-dealkylation sites (tertiary alicyclic amines) is 1. The minimum absolute atomic E-state index is 0.0870. The van der Waals surface area contributed by atoms with Crippen LogP contribution in [0, 0.1) is 0 Å². The topological polar surface area (TPSA) is 68.5 Å². The molecule has 0 aliphatic carbocycles. The van der Waals surface area contributed by atoms with E-state index < -0.39 is 0 Å². The molecule has 7 heteroatoms. The maximum atomic E-state index is 12.4. The van der Waals surface area contributed by atoms with Gasteiger partial charge in [-0.1, -0.05) is 5.16 Å². The first-order valence-corrected chi connectivity index (χ1v) is 8.44. The summed E-state index contributed by atoms with van der Waals surface area (Å²) in [5, 5.41) is 7.86. The van der Waals surface area contributed by atoms with Gasteiger partial charge < -0.3 is 14.2 Å². The second-order valence-electron chi connectivity index (χ2n) is 5.29. The van der Waals surface area contributed by atoms with Gasteiger partial charge in [0.1, 0.15) is 6.61 Å². The summed E-state index contributed by atoms with van der Waals surface area (Å²) < 4.78 is 10.5. The molecule has 0 aromatic carbocycles. The Morgan fingerprint density at radius 3 is 3.27 bits per heavy atom. The van der Waals surface area contributed by atoms with Crippen LogP contribution in [0.2, 0.25) is 0 Å². The van der Waals surface area contributed by atoms with E-state index >= 15 is 0 Å². The van der Waals surface area contributed by atoms with E-state index in [0.29, 0.717) is 31.5 Å². The molecule has 2 aromatic heterocycles. The summed E-state index contributed by atoms with van der Waals surface area (Å²) in [7, 11) is 0. The summed E-state index contributed by atoms with van der Waals surface area (Å²) in [6.07, 6.45) is 1.93. The lowest BCUT2D eigenvalue weighted by atomic mass is 9.97. The van der Waals surface area contributed by atoms with Crippen molar-refractivity contribution in [3.8, 4) is 0 Å². The average molecular weight is 321 g/mol. The van der Waals surface area contributed by atoms with E-state index in [1.54, 1.807) is 0 Å². The van der Waals surface area contributed by atoms with Crippen LogP contribution in [0.1, 0.15) is 47.8 Å². The summed E-state index contributed by atoms with van der Waals surface area (Å²) in [4.78, 5) is 18.7. The number of amides is 1. The normalized spacial score (nSPS) is 18.6. The van der Waals surface area contributed by atoms with Crippen LogP contribution in [0.5, 0.6) is 0 Å². The number of hydrogen-bond donors (Lipinski definition) is 0. The number of piperidine rings is 1. The van der Waals surface area contributed by atoms with Crippen molar-refractivity contribution in [2.24, 2.45) is 0 Å². The van der Waals surface area contributed by atoms with Crippen molar-refractivity contribution >= 4 is 17.2 Å². The summed E-state index contributed by atoms with van der Waals surface area (Å²) >= 11 is 1.54. The van der Waals surface area contributed by atoms with Crippen LogP contribution >= 0.6 is 11.3 Å². The second kappa shape index (κ2) is 7.02. The van der Waals surface area contributed by atoms with Crippen LogP contribution in [0.15, 0.2) is 21.3 Å². The minimum Gasteiger partial charge on any atom is -0.372 e. The molecule has 1 amide bonds. The van der Waals surface area contributed by atoms with Crippen LogP contribution in [-0.4, -0.2) is 40.6 Å². The third-order valence-electron chi connectivity index (χ3n) is 3.76. The second-order valence-corrected chi connectivity index (χ2v) is 6.07. The molecule has 0 N–H and O–H groups in total. The molecule has 1 aliphatic rings. The quantitative estimate of drug-likeness (QED) is 0.847. The smallest absolute Gasteiger partial charge is 0.254 e. The van der Waals surface area contributed by atoms with Crippen molar-refractivity contribution in [1.82, 2.24) is 15.0 Å². The summed E-state index contributed by atoms with van der Waals surface area (Å²) in [5.41, 5.74) is 0.760. The Morgan fingerprint density at radius 1 is 1.59 bits per heavy atom. The van der Waals surface area contributed by atoms with Gasteiger partial charge in [-0.15, -0.1) is 0 Å². The van der Waals surface area contributed by atoms with Gasteiger partial charge >= 0.3 is 0 Å². The molecule has 22 heavy (non-hydrogen) atoms. The number of rotatable bonds is 5. The monoisotopic (exact) mass is 321 g/mol. The molecule has 1 aliphatic heterocycles. The fourth-order valence-corrected chi connectivity index (χ4v) is 3.25. The molecule has 3 heterocycles. The van der Waals surface area contributed by atoms with Crippen LogP contribution in [0.25, 0.3) is 0 Å². The van der Waals surface area contributed by atoms with E-state index in [-0.39, 0.29) is 11.8 Å². The predicted molar refractivity (Wildman–Crippen MR) is 81.8 cm³/mol. The number of nitrogens with zero attached hydrogens (tertiary/aromatic N) is 3. The number of hydrogen-bond acceptors (Lipinski definition) is 6. The zero-order valence-corrected chi connectivity index (χ0v) is 13.3. The molecule has 3 rings (SSSR count). The van der Waals surface area contributed by atoms with Gasteiger partial charge in [0.05, 0.1) is 5.56 Å². The number of carbonyl (C=O) groups excluding carboxylic acids is 1. The van der Waals surface area contributed by atoms with Crippen molar-refractivity contribution in [3.63, 3.8) is 0 Å². The average Bonchev–Trinajstić information content (AvgIpc) is 3.24. The Kier molecular flexibility index (Phi) is 4.84. The first-order chi connectivity index (χ1) is 10.8. The molecule has 0 radical (unpaired) electrons. The van der Waals surface area contributed by atoms with E-state index in [2.05, 4.69) is 10.1 Å². The molecule has 1 fully saturated rings. The van der Waals surface area contributed by atoms with Crippen LogP contribution in [0.4, 0.5) is 0 Å². The van der Waals surface area contributed by atoms with E-state index in [0.717, 1.165) is 24.9 Å². The highest BCUT2D eigenvalue weighted by molar-refractivity contribution is 7.08. The van der Waals surface area contributed by atoms with Gasteiger partial charge in [0.25, 0.3) is 11.8 Å². The van der Waals surface area contributed by atoms with Gasteiger partial charge in [-0.3, -0.25) is 4.79 Å². The Bertz CT molecular complexity index is 611. The predicted octanol–water partition coefficient (Wildman–Crippen LogP) is 2.69. The van der Waals surface area contributed by atoms with E-state index in [1.807, 2.05) is 28.7 Å². The highest BCUT2D eigenvalue weighted by Gasteiger charge is 2.28. The minimum atomic E-state index is 0.0870. The van der Waals surface area contributed by atoms with Crippen LogP contribution < -0.4 is 0 Å². The number of aromatic nitrogens is 2. The van der Waals surface area contributed by atoms with E-state index in [9.17, 15) is 4.79 Å². The molecule has 1 saturated heterocycles. The standard InChI is InChI=1S/C15H19N3O3S/c1-2-20-9-13-16-14(17-21-13)11-4-3-6-18(8-11)15(19)12-5-7-22-10-12/h5,7,10-11H,2-4,6,8-9H2,1H3. The first-order valence-electron chi connectivity index (χ1n) is 7.49. The molecular formula is C15H19N3O3S. The highest BCUT2D eigenvalue weighted by Crippen LogP contribution is 2.26. The van der Waals surface area contributed by atoms with E-state index in [4.69, 9.17) is 9.26 Å². The first kappa shape index (κ1) is 15.2. The maximum Gasteiger partial charge on any atom is 0.254 e. The van der Waals surface area contributed by atoms with Crippen LogP contribution in [0.3, 0.4) is 0 Å². The Morgan fingerprint density at radius 2 is 2.50 bits per heavy atom. The van der Waals surface area contributed by atoms with Crippen molar-refractivity contribution in [1.29, 1.82) is 0 Å². The van der Waals surface area contributed by atoms with Gasteiger partial charge in [0.2, 0.25) is 0 Å². The summed E-state index contributed by atoms with van der Waals surface area (Å²) in [6.45, 7) is 4.31. The molecule has 1 atom stereocenters. The van der Waals surface area contributed by atoms with E-state index in [1.165, 1.54) is 11.3 Å². The molecule has 0 saturated carbocycles. The molecular weight excluding hydrogens is 302 g/mol. The fraction of sp³-hybridized carbons (Fsp3) is 0.533. The zero-order chi connectivity index (χ0) is 15.4. The summed E-state index contributed by atoms with van der Waals surface area (Å²) in [6, 6.07) is 1.87. The van der Waals surface area contributed by atoms with Gasteiger partial charge in [0.15, 0.2) is 5.82 Å². The van der Waals surface area contributed by atoms with Gasteiger partial charge in [0, 0.05) is 31.0 Å². The lowest BCUT2D eigenvalue weighted by molar-refractivity contribution is 0.0704. The van der Waals surface area contributed by atoms with Gasteiger partial charge in [-0.25, -0.2) is 0 Å². The Labute approximate surface area is 133 Å². The molecule has 6 nitrogen and oxygen atoms in total. The number of thiophene rings is 1. The lowest BCUT2D eigenvalue weighted by Gasteiger charge is -2.31. The third kappa shape index (κ3) is 3.36. The SMILES string of the molecule is CCOCc1nc(C2CCCN(C(=O)c3ccsc3)C2)no1. The van der Waals surface area contributed by atoms with Crippen molar-refractivity contribution in [2.45, 2.75) is 32.3 Å². The van der Waals surface area contributed by atoms with Gasteiger partial charge in [-0.2, -0.15) is 16.3 Å². The Balaban J connectivity index is 1.65. The molecule has 0 spiro atoms. The molecule has 0 bridgehead atoms. The highest BCUT2D eigenvalue weighted by atomic mass is 32.1. The molecule has 2 aromatic rings. The van der Waals surface area contributed by atoms with Gasteiger partial charge in [-0.05, 0) is 31.2 Å². The molecule has 1 unspecified atom stereocenters. The van der Waals surface area contributed by atoms with Crippen molar-refractivity contribution in [3.05, 3.63) is 34.1 Å². The van der Waals surface area contributed by atoms with Crippen LogP contribution in [-0.2, 0) is 11.3 Å². The lowest BCUT2D eigenvalue weighted by Crippen LogP contribution is -2.39. The molecule has 118 valence electrons. The number of ether oxygens (including phenoxy) is 1.